The normalized spacial score (nSPS) is 33.6. The Hall–Kier alpha value is -2.06. The predicted octanol–water partition coefficient (Wildman–Crippen LogP) is 2.88. The molecule has 1 spiro atoms. The highest BCUT2D eigenvalue weighted by Crippen LogP contribution is 2.71. The van der Waals surface area contributed by atoms with Gasteiger partial charge in [-0.2, -0.15) is 0 Å². The van der Waals surface area contributed by atoms with E-state index in [9.17, 15) is 19.5 Å². The van der Waals surface area contributed by atoms with Crippen LogP contribution in [0.4, 0.5) is 5.69 Å². The van der Waals surface area contributed by atoms with Gasteiger partial charge in [-0.15, -0.1) is 11.8 Å². The standard InChI is InChI=1S/C26H37N3O4S/c1-7-15(3)18(13-30)29-21(23(32)28-17-12-14(2)8-9-16(17)4)26-11-10-25(5,34-26)19(22(31)27-6)20(26)24(29)33/h8-9,12,15,18-21,30H,7,10-11,13H2,1-6H3,(H,27,31)(H,28,32)/t15-,18-,19+,20-,21?,25-,26?/m0/s1. The fourth-order valence-electron chi connectivity index (χ4n) is 6.46. The van der Waals surface area contributed by atoms with Gasteiger partial charge in [0, 0.05) is 17.5 Å². The molecule has 1 aromatic rings. The lowest BCUT2D eigenvalue weighted by Crippen LogP contribution is -2.56. The van der Waals surface area contributed by atoms with Gasteiger partial charge in [-0.25, -0.2) is 0 Å². The number of anilines is 1. The van der Waals surface area contributed by atoms with Gasteiger partial charge in [0.1, 0.15) is 6.04 Å². The molecule has 3 saturated heterocycles. The fourth-order valence-corrected chi connectivity index (χ4v) is 8.81. The van der Waals surface area contributed by atoms with Crippen LogP contribution in [0.2, 0.25) is 0 Å². The zero-order valence-electron chi connectivity index (χ0n) is 21.0. The molecule has 0 aliphatic carbocycles. The number of benzene rings is 1. The summed E-state index contributed by atoms with van der Waals surface area (Å²) in [5, 5.41) is 16.2. The summed E-state index contributed by atoms with van der Waals surface area (Å²) in [5.74, 6) is -1.62. The maximum Gasteiger partial charge on any atom is 0.248 e. The zero-order chi connectivity index (χ0) is 25.0. The molecular weight excluding hydrogens is 450 g/mol. The van der Waals surface area contributed by atoms with Crippen LogP contribution in [0.25, 0.3) is 0 Å². The summed E-state index contributed by atoms with van der Waals surface area (Å²) in [6, 6.07) is 4.68. The summed E-state index contributed by atoms with van der Waals surface area (Å²) >= 11 is 1.65. The molecule has 8 heteroatoms. The molecule has 34 heavy (non-hydrogen) atoms. The summed E-state index contributed by atoms with van der Waals surface area (Å²) in [4.78, 5) is 42.8. The SMILES string of the molecule is CC[C@H](C)[C@H](CO)N1C(=O)[C@@H]2[C@H](C(=O)NC)[C@]3(C)CCC2(S3)C1C(=O)Nc1cc(C)ccc1C. The average molecular weight is 488 g/mol. The van der Waals surface area contributed by atoms with Gasteiger partial charge in [-0.05, 0) is 56.7 Å². The molecule has 3 aliphatic rings. The number of hydrogen-bond acceptors (Lipinski definition) is 5. The van der Waals surface area contributed by atoms with Crippen LogP contribution in [-0.2, 0) is 14.4 Å². The Balaban J connectivity index is 1.82. The molecule has 0 radical (unpaired) electrons. The van der Waals surface area contributed by atoms with E-state index in [1.54, 1.807) is 23.7 Å². The molecule has 7 nitrogen and oxygen atoms in total. The van der Waals surface area contributed by atoms with Gasteiger partial charge in [-0.1, -0.05) is 32.4 Å². The number of thioether (sulfide) groups is 1. The highest BCUT2D eigenvalue weighted by atomic mass is 32.2. The molecule has 0 aromatic heterocycles. The maximum atomic E-state index is 14.1. The second kappa shape index (κ2) is 8.86. The van der Waals surface area contributed by atoms with E-state index in [2.05, 4.69) is 17.6 Å². The molecule has 1 aromatic carbocycles. The minimum atomic E-state index is -0.752. The second-order valence-electron chi connectivity index (χ2n) is 10.5. The summed E-state index contributed by atoms with van der Waals surface area (Å²) in [7, 11) is 1.60. The Bertz CT molecular complexity index is 1020. The molecule has 3 heterocycles. The number of fused-ring (bicyclic) bond motifs is 1. The van der Waals surface area contributed by atoms with Crippen molar-refractivity contribution in [2.75, 3.05) is 19.0 Å². The van der Waals surface area contributed by atoms with Gasteiger partial charge in [-0.3, -0.25) is 14.4 Å². The van der Waals surface area contributed by atoms with Crippen LogP contribution in [0.1, 0.15) is 51.2 Å². The van der Waals surface area contributed by atoms with Crippen LogP contribution in [0.5, 0.6) is 0 Å². The van der Waals surface area contributed by atoms with Gasteiger partial charge in [0.15, 0.2) is 0 Å². The Morgan fingerprint density at radius 2 is 1.97 bits per heavy atom. The number of nitrogens with zero attached hydrogens (tertiary/aromatic N) is 1. The van der Waals surface area contributed by atoms with Crippen LogP contribution in [-0.4, -0.2) is 63.0 Å². The van der Waals surface area contributed by atoms with E-state index in [4.69, 9.17) is 0 Å². The van der Waals surface area contributed by atoms with E-state index in [0.717, 1.165) is 29.7 Å². The summed E-state index contributed by atoms with van der Waals surface area (Å²) in [5.41, 5.74) is 2.71. The lowest BCUT2D eigenvalue weighted by atomic mass is 9.66. The quantitative estimate of drug-likeness (QED) is 0.549. The van der Waals surface area contributed by atoms with Gasteiger partial charge in [0.05, 0.1) is 29.2 Å². The molecule has 3 N–H and O–H groups in total. The number of aliphatic hydroxyl groups is 1. The molecular formula is C26H37N3O4S. The van der Waals surface area contributed by atoms with E-state index in [-0.39, 0.29) is 30.2 Å². The number of nitrogens with one attached hydrogen (secondary N) is 2. The van der Waals surface area contributed by atoms with Crippen molar-refractivity contribution in [1.82, 2.24) is 10.2 Å². The van der Waals surface area contributed by atoms with Crippen LogP contribution >= 0.6 is 11.8 Å². The number of carbonyl (C=O) groups excluding carboxylic acids is 3. The van der Waals surface area contributed by atoms with E-state index >= 15 is 0 Å². The number of rotatable bonds is 7. The smallest absolute Gasteiger partial charge is 0.248 e. The minimum Gasteiger partial charge on any atom is -0.394 e. The van der Waals surface area contributed by atoms with Crippen molar-refractivity contribution in [2.24, 2.45) is 17.8 Å². The van der Waals surface area contributed by atoms with E-state index < -0.39 is 33.4 Å². The second-order valence-corrected chi connectivity index (χ2v) is 12.4. The van der Waals surface area contributed by atoms with E-state index in [1.807, 2.05) is 45.9 Å². The van der Waals surface area contributed by atoms with Gasteiger partial charge >= 0.3 is 0 Å². The number of amides is 3. The first-order valence-electron chi connectivity index (χ1n) is 12.3. The summed E-state index contributed by atoms with van der Waals surface area (Å²) in [6.07, 6.45) is 2.23. The van der Waals surface area contributed by atoms with Gasteiger partial charge in [0.25, 0.3) is 0 Å². The zero-order valence-corrected chi connectivity index (χ0v) is 21.8. The highest BCUT2D eigenvalue weighted by Gasteiger charge is 2.77. The Morgan fingerprint density at radius 1 is 1.26 bits per heavy atom. The summed E-state index contributed by atoms with van der Waals surface area (Å²) in [6.45, 7) is 9.78. The Morgan fingerprint density at radius 3 is 2.59 bits per heavy atom. The van der Waals surface area contributed by atoms with Crippen LogP contribution in [0, 0.1) is 31.6 Å². The Kier molecular flexibility index (Phi) is 6.53. The van der Waals surface area contributed by atoms with Crippen molar-refractivity contribution < 1.29 is 19.5 Å². The topological polar surface area (TPSA) is 98.7 Å². The van der Waals surface area contributed by atoms with Crippen LogP contribution in [0.15, 0.2) is 18.2 Å². The third kappa shape index (κ3) is 3.56. The third-order valence-electron chi connectivity index (χ3n) is 8.49. The number of carbonyl (C=O) groups is 3. The molecule has 3 aliphatic heterocycles. The summed E-state index contributed by atoms with van der Waals surface area (Å²) < 4.78 is -1.08. The first kappa shape index (κ1) is 25.0. The van der Waals surface area contributed by atoms with Crippen molar-refractivity contribution in [3.05, 3.63) is 29.3 Å². The van der Waals surface area contributed by atoms with E-state index in [1.165, 1.54) is 0 Å². The van der Waals surface area contributed by atoms with E-state index in [0.29, 0.717) is 6.42 Å². The van der Waals surface area contributed by atoms with Crippen molar-refractivity contribution in [3.8, 4) is 0 Å². The van der Waals surface area contributed by atoms with Crippen LogP contribution < -0.4 is 10.6 Å². The van der Waals surface area contributed by atoms with Gasteiger partial charge in [0.2, 0.25) is 17.7 Å². The molecule has 186 valence electrons. The Labute approximate surface area is 206 Å². The molecule has 3 amide bonds. The molecule has 2 unspecified atom stereocenters. The van der Waals surface area contributed by atoms with Crippen molar-refractivity contribution in [1.29, 1.82) is 0 Å². The van der Waals surface area contributed by atoms with Crippen molar-refractivity contribution in [2.45, 2.75) is 75.5 Å². The lowest BCUT2D eigenvalue weighted by molar-refractivity contribution is -0.143. The molecule has 7 atom stereocenters. The first-order chi connectivity index (χ1) is 16.0. The fraction of sp³-hybridized carbons (Fsp3) is 0.654. The number of hydrogen-bond donors (Lipinski definition) is 3. The van der Waals surface area contributed by atoms with Gasteiger partial charge < -0.3 is 20.6 Å². The largest absolute Gasteiger partial charge is 0.394 e. The van der Waals surface area contributed by atoms with Crippen molar-refractivity contribution in [3.63, 3.8) is 0 Å². The molecule has 0 saturated carbocycles. The molecule has 4 rings (SSSR count). The molecule has 3 fully saturated rings. The highest BCUT2D eigenvalue weighted by molar-refractivity contribution is 8.02. The predicted molar refractivity (Wildman–Crippen MR) is 135 cm³/mol. The molecule has 2 bridgehead atoms. The first-order valence-corrected chi connectivity index (χ1v) is 13.1. The lowest BCUT2D eigenvalue weighted by Gasteiger charge is -2.39. The van der Waals surface area contributed by atoms with Crippen molar-refractivity contribution >= 4 is 35.2 Å². The van der Waals surface area contributed by atoms with Crippen LogP contribution in [0.3, 0.4) is 0 Å². The minimum absolute atomic E-state index is 0.0106. The average Bonchev–Trinajstić information content (AvgIpc) is 3.37. The number of likely N-dealkylation sites (tertiary alicyclic amines) is 1. The monoisotopic (exact) mass is 487 g/mol. The maximum absolute atomic E-state index is 14.1. The number of aryl methyl sites for hydroxylation is 2. The third-order valence-corrected chi connectivity index (χ3v) is 10.5. The number of aliphatic hydroxyl groups excluding tert-OH is 1.